The number of ether oxygens (including phenoxy) is 2. The van der Waals surface area contributed by atoms with Gasteiger partial charge in [0.15, 0.2) is 11.5 Å². The maximum atomic E-state index is 12.3. The average Bonchev–Trinajstić information content (AvgIpc) is 3.06. The number of rotatable bonds is 3. The van der Waals surface area contributed by atoms with Crippen LogP contribution in [0.15, 0.2) is 42.5 Å². The van der Waals surface area contributed by atoms with Crippen molar-refractivity contribution in [3.8, 4) is 11.5 Å². The molecule has 0 unspecified atom stereocenters. The van der Waals surface area contributed by atoms with Gasteiger partial charge in [-0.15, -0.1) is 0 Å². The van der Waals surface area contributed by atoms with Crippen molar-refractivity contribution in [2.45, 2.75) is 25.4 Å². The lowest BCUT2D eigenvalue weighted by Gasteiger charge is -2.45. The van der Waals surface area contributed by atoms with E-state index in [0.717, 1.165) is 23.4 Å². The molecule has 0 aliphatic carbocycles. The summed E-state index contributed by atoms with van der Waals surface area (Å²) in [6.45, 7) is 2.34. The van der Waals surface area contributed by atoms with Crippen molar-refractivity contribution in [3.05, 3.63) is 53.6 Å². The van der Waals surface area contributed by atoms with E-state index in [2.05, 4.69) is 6.92 Å². The number of amides is 1. The lowest BCUT2D eigenvalue weighted by Crippen LogP contribution is -2.63. The molecule has 2 N–H and O–H groups in total. The van der Waals surface area contributed by atoms with Crippen molar-refractivity contribution in [1.29, 1.82) is 0 Å². The third-order valence-corrected chi connectivity index (χ3v) is 4.50. The van der Waals surface area contributed by atoms with E-state index >= 15 is 0 Å². The number of carbonyl (C=O) groups is 1. The van der Waals surface area contributed by atoms with E-state index < -0.39 is 6.04 Å². The zero-order chi connectivity index (χ0) is 16.0. The molecule has 5 nitrogen and oxygen atoms in total. The van der Waals surface area contributed by atoms with Crippen LogP contribution < -0.4 is 20.1 Å². The Balaban J connectivity index is 1.67. The molecule has 1 fully saturated rings. The number of fused-ring (bicyclic) bond motifs is 1. The zero-order valence-electron chi connectivity index (χ0n) is 12.9. The van der Waals surface area contributed by atoms with Crippen molar-refractivity contribution >= 4 is 11.6 Å². The molecule has 1 saturated heterocycles. The van der Waals surface area contributed by atoms with Gasteiger partial charge in [-0.05, 0) is 41.8 Å². The fraction of sp³-hybridized carbons (Fsp3) is 0.278. The SMILES string of the molecule is CCc1ccc(N2C(=O)[C@H](N)[C@@H]2c2ccc3c(c2)OCO3)cc1. The molecule has 23 heavy (non-hydrogen) atoms. The summed E-state index contributed by atoms with van der Waals surface area (Å²) in [7, 11) is 0. The van der Waals surface area contributed by atoms with Crippen LogP contribution in [-0.2, 0) is 11.2 Å². The van der Waals surface area contributed by atoms with Gasteiger partial charge in [0.2, 0.25) is 12.7 Å². The van der Waals surface area contributed by atoms with Gasteiger partial charge in [0.25, 0.3) is 0 Å². The standard InChI is InChI=1S/C18H18N2O3/c1-2-11-3-6-13(7-4-11)20-17(16(19)18(20)21)12-5-8-14-15(9-12)23-10-22-14/h3-9,16-17H,2,10,19H2,1H3/t16-,17+/m1/s1. The van der Waals surface area contributed by atoms with Gasteiger partial charge in [-0.25, -0.2) is 0 Å². The molecule has 0 saturated carbocycles. The molecule has 118 valence electrons. The quantitative estimate of drug-likeness (QED) is 0.884. The Morgan fingerprint density at radius 3 is 2.61 bits per heavy atom. The minimum absolute atomic E-state index is 0.0584. The van der Waals surface area contributed by atoms with Crippen LogP contribution in [0.25, 0.3) is 0 Å². The summed E-state index contributed by atoms with van der Waals surface area (Å²) in [6, 6.07) is 13.1. The minimum atomic E-state index is -0.527. The fourth-order valence-corrected chi connectivity index (χ4v) is 3.14. The number of nitrogens with two attached hydrogens (primary N) is 1. The number of carbonyl (C=O) groups excluding carboxylic acids is 1. The molecular weight excluding hydrogens is 292 g/mol. The van der Waals surface area contributed by atoms with Crippen LogP contribution in [0, 0.1) is 0 Å². The molecular formula is C18H18N2O3. The molecule has 0 aromatic heterocycles. The Hall–Kier alpha value is -2.53. The third kappa shape index (κ3) is 2.16. The van der Waals surface area contributed by atoms with Crippen molar-refractivity contribution < 1.29 is 14.3 Å². The van der Waals surface area contributed by atoms with Gasteiger partial charge >= 0.3 is 0 Å². The summed E-state index contributed by atoms with van der Waals surface area (Å²) in [5, 5.41) is 0. The highest BCUT2D eigenvalue weighted by Gasteiger charge is 2.46. The number of nitrogens with zero attached hydrogens (tertiary/aromatic N) is 1. The average molecular weight is 310 g/mol. The molecule has 4 rings (SSSR count). The maximum absolute atomic E-state index is 12.3. The molecule has 2 atom stereocenters. The van der Waals surface area contributed by atoms with Crippen LogP contribution >= 0.6 is 0 Å². The molecule has 2 aliphatic heterocycles. The van der Waals surface area contributed by atoms with Gasteiger partial charge in [0.1, 0.15) is 6.04 Å². The predicted octanol–water partition coefficient (Wildman–Crippen LogP) is 2.39. The Bertz CT molecular complexity index is 757. The number of aryl methyl sites for hydroxylation is 1. The van der Waals surface area contributed by atoms with Crippen molar-refractivity contribution in [3.63, 3.8) is 0 Å². The summed E-state index contributed by atoms with van der Waals surface area (Å²) >= 11 is 0. The number of β-lactam (4-membered cyclic amide) rings is 1. The van der Waals surface area contributed by atoms with Crippen molar-refractivity contribution in [1.82, 2.24) is 0 Å². The van der Waals surface area contributed by atoms with Crippen LogP contribution in [0.3, 0.4) is 0 Å². The molecule has 2 aromatic rings. The molecule has 1 amide bonds. The Kier molecular flexibility index (Phi) is 3.23. The number of benzene rings is 2. The summed E-state index contributed by atoms with van der Waals surface area (Å²) in [5.74, 6) is 1.37. The molecule has 0 spiro atoms. The highest BCUT2D eigenvalue weighted by Crippen LogP contribution is 2.42. The van der Waals surface area contributed by atoms with Crippen LogP contribution in [0.4, 0.5) is 5.69 Å². The number of hydrogen-bond donors (Lipinski definition) is 1. The normalized spacial score (nSPS) is 22.2. The van der Waals surface area contributed by atoms with E-state index in [1.54, 1.807) is 4.90 Å². The minimum Gasteiger partial charge on any atom is -0.454 e. The van der Waals surface area contributed by atoms with E-state index in [-0.39, 0.29) is 18.7 Å². The smallest absolute Gasteiger partial charge is 0.247 e. The molecule has 5 heteroatoms. The first-order valence-corrected chi connectivity index (χ1v) is 7.76. The highest BCUT2D eigenvalue weighted by molar-refractivity contribution is 6.05. The van der Waals surface area contributed by atoms with Crippen molar-refractivity contribution in [2.75, 3.05) is 11.7 Å². The zero-order valence-corrected chi connectivity index (χ0v) is 12.9. The van der Waals surface area contributed by atoms with Crippen LogP contribution in [0.1, 0.15) is 24.1 Å². The molecule has 0 bridgehead atoms. The Labute approximate surface area is 134 Å². The largest absolute Gasteiger partial charge is 0.454 e. The predicted molar refractivity (Wildman–Crippen MR) is 86.6 cm³/mol. The lowest BCUT2D eigenvalue weighted by molar-refractivity contribution is -0.126. The van der Waals surface area contributed by atoms with E-state index in [1.165, 1.54) is 5.56 Å². The maximum Gasteiger partial charge on any atom is 0.247 e. The second-order valence-corrected chi connectivity index (χ2v) is 5.81. The summed E-state index contributed by atoms with van der Waals surface area (Å²) in [4.78, 5) is 14.0. The van der Waals surface area contributed by atoms with Gasteiger partial charge in [0.05, 0.1) is 6.04 Å². The van der Waals surface area contributed by atoms with Gasteiger partial charge < -0.3 is 20.1 Å². The van der Waals surface area contributed by atoms with E-state index in [4.69, 9.17) is 15.2 Å². The lowest BCUT2D eigenvalue weighted by atomic mass is 9.88. The van der Waals surface area contributed by atoms with Gasteiger partial charge in [-0.2, -0.15) is 0 Å². The molecule has 2 heterocycles. The topological polar surface area (TPSA) is 64.8 Å². The monoisotopic (exact) mass is 310 g/mol. The number of anilines is 1. The first kappa shape index (κ1) is 14.1. The molecule has 2 aliphatic rings. The van der Waals surface area contributed by atoms with E-state index in [1.807, 2.05) is 42.5 Å². The molecule has 0 radical (unpaired) electrons. The summed E-state index contributed by atoms with van der Waals surface area (Å²) < 4.78 is 10.8. The number of hydrogen-bond acceptors (Lipinski definition) is 4. The first-order chi connectivity index (χ1) is 11.2. The Morgan fingerprint density at radius 2 is 1.87 bits per heavy atom. The second kappa shape index (κ2) is 5.28. The van der Waals surface area contributed by atoms with Crippen LogP contribution in [0.5, 0.6) is 11.5 Å². The summed E-state index contributed by atoms with van der Waals surface area (Å²) in [5.41, 5.74) is 9.14. The fourth-order valence-electron chi connectivity index (χ4n) is 3.14. The van der Waals surface area contributed by atoms with Gasteiger partial charge in [0, 0.05) is 5.69 Å². The summed E-state index contributed by atoms with van der Waals surface area (Å²) in [6.07, 6.45) is 0.972. The molecule has 2 aromatic carbocycles. The third-order valence-electron chi connectivity index (χ3n) is 4.50. The van der Waals surface area contributed by atoms with E-state index in [9.17, 15) is 4.79 Å². The Morgan fingerprint density at radius 1 is 1.13 bits per heavy atom. The van der Waals surface area contributed by atoms with Gasteiger partial charge in [-0.1, -0.05) is 25.1 Å². The van der Waals surface area contributed by atoms with Gasteiger partial charge in [-0.3, -0.25) is 4.79 Å². The van der Waals surface area contributed by atoms with E-state index in [0.29, 0.717) is 5.75 Å². The first-order valence-electron chi connectivity index (χ1n) is 7.76. The van der Waals surface area contributed by atoms with Crippen molar-refractivity contribution in [2.24, 2.45) is 5.73 Å². The highest BCUT2D eigenvalue weighted by atomic mass is 16.7. The second-order valence-electron chi connectivity index (χ2n) is 5.81. The van der Waals surface area contributed by atoms with Crippen LogP contribution in [-0.4, -0.2) is 18.7 Å². The van der Waals surface area contributed by atoms with Crippen LogP contribution in [0.2, 0.25) is 0 Å².